The molecular weight excluding hydrogens is 240 g/mol. The molecule has 94 valence electrons. The summed E-state index contributed by atoms with van der Waals surface area (Å²) < 4.78 is 27.9. The molecule has 0 aliphatic carbocycles. The number of hydrogen-bond acceptors (Lipinski definition) is 4. The van der Waals surface area contributed by atoms with Gasteiger partial charge in [-0.1, -0.05) is 19.1 Å². The summed E-state index contributed by atoms with van der Waals surface area (Å²) in [6.07, 6.45) is 0. The van der Waals surface area contributed by atoms with E-state index < -0.39 is 9.84 Å². The number of carbonyl (C=O) groups is 1. The van der Waals surface area contributed by atoms with Crippen LogP contribution < -0.4 is 4.74 Å². The zero-order chi connectivity index (χ0) is 12.9. The van der Waals surface area contributed by atoms with Gasteiger partial charge in [-0.05, 0) is 19.1 Å². The van der Waals surface area contributed by atoms with Gasteiger partial charge >= 0.3 is 0 Å². The molecule has 0 aliphatic rings. The van der Waals surface area contributed by atoms with Crippen molar-refractivity contribution in [2.24, 2.45) is 0 Å². The van der Waals surface area contributed by atoms with Gasteiger partial charge in [-0.3, -0.25) is 4.79 Å². The largest absolute Gasteiger partial charge is 0.492 e. The van der Waals surface area contributed by atoms with Gasteiger partial charge in [0.05, 0.1) is 11.3 Å². The van der Waals surface area contributed by atoms with Gasteiger partial charge < -0.3 is 4.74 Å². The van der Waals surface area contributed by atoms with Crippen molar-refractivity contribution in [2.45, 2.75) is 13.8 Å². The summed E-state index contributed by atoms with van der Waals surface area (Å²) in [6, 6.07) is 6.81. The molecule has 0 aliphatic heterocycles. The summed E-state index contributed by atoms with van der Waals surface area (Å²) in [6.45, 7) is 3.12. The summed E-state index contributed by atoms with van der Waals surface area (Å²) in [7, 11) is -3.03. The number of sulfone groups is 1. The Morgan fingerprint density at radius 3 is 2.53 bits per heavy atom. The lowest BCUT2D eigenvalue weighted by Crippen LogP contribution is -2.16. The van der Waals surface area contributed by atoms with Gasteiger partial charge in [-0.2, -0.15) is 0 Å². The Labute approximate surface area is 102 Å². The molecule has 0 bridgehead atoms. The molecule has 0 heterocycles. The van der Waals surface area contributed by atoms with Crippen LogP contribution in [0.5, 0.6) is 5.75 Å². The first kappa shape index (κ1) is 13.7. The Bertz CT molecular complexity index is 491. The molecule has 5 heteroatoms. The zero-order valence-corrected chi connectivity index (χ0v) is 10.8. The van der Waals surface area contributed by atoms with Gasteiger partial charge in [0.25, 0.3) is 0 Å². The summed E-state index contributed by atoms with van der Waals surface area (Å²) in [4.78, 5) is 11.3. The van der Waals surface area contributed by atoms with E-state index >= 15 is 0 Å². The predicted molar refractivity (Wildman–Crippen MR) is 66.3 cm³/mol. The zero-order valence-electron chi connectivity index (χ0n) is 9.97. The second kappa shape index (κ2) is 5.82. The lowest BCUT2D eigenvalue weighted by molar-refractivity contribution is 0.101. The van der Waals surface area contributed by atoms with E-state index in [9.17, 15) is 13.2 Å². The number of benzene rings is 1. The van der Waals surface area contributed by atoms with Gasteiger partial charge in [0.1, 0.15) is 12.4 Å². The maximum absolute atomic E-state index is 11.3. The van der Waals surface area contributed by atoms with Gasteiger partial charge in [0.2, 0.25) is 0 Å². The van der Waals surface area contributed by atoms with E-state index in [4.69, 9.17) is 4.74 Å². The first-order chi connectivity index (χ1) is 7.96. The van der Waals surface area contributed by atoms with Crippen LogP contribution in [-0.4, -0.2) is 32.3 Å². The third-order valence-electron chi connectivity index (χ3n) is 2.36. The molecule has 0 radical (unpaired) electrons. The van der Waals surface area contributed by atoms with Crippen LogP contribution in [0.25, 0.3) is 0 Å². The fourth-order valence-corrected chi connectivity index (χ4v) is 1.93. The maximum Gasteiger partial charge on any atom is 0.163 e. The molecule has 0 spiro atoms. The highest BCUT2D eigenvalue weighted by atomic mass is 32.2. The normalized spacial score (nSPS) is 11.2. The van der Waals surface area contributed by atoms with Crippen LogP contribution in [-0.2, 0) is 9.84 Å². The topological polar surface area (TPSA) is 60.4 Å². The average molecular weight is 256 g/mol. The molecule has 1 aromatic carbocycles. The van der Waals surface area contributed by atoms with Crippen molar-refractivity contribution >= 4 is 15.6 Å². The van der Waals surface area contributed by atoms with E-state index in [-0.39, 0.29) is 23.9 Å². The molecule has 0 unspecified atom stereocenters. The van der Waals surface area contributed by atoms with Crippen LogP contribution in [0.15, 0.2) is 24.3 Å². The molecule has 17 heavy (non-hydrogen) atoms. The second-order valence-corrected chi connectivity index (χ2v) is 6.11. The van der Waals surface area contributed by atoms with Crippen molar-refractivity contribution in [1.82, 2.24) is 0 Å². The van der Waals surface area contributed by atoms with Crippen LogP contribution in [0.4, 0.5) is 0 Å². The van der Waals surface area contributed by atoms with Crippen molar-refractivity contribution < 1.29 is 17.9 Å². The van der Waals surface area contributed by atoms with Crippen LogP contribution in [0.1, 0.15) is 24.2 Å². The average Bonchev–Trinajstić information content (AvgIpc) is 2.29. The number of para-hydroxylation sites is 1. The van der Waals surface area contributed by atoms with E-state index in [0.717, 1.165) is 0 Å². The molecule has 4 nitrogen and oxygen atoms in total. The molecule has 0 saturated heterocycles. The number of Topliss-reactive ketones (excluding diaryl/α,β-unsaturated/α-hetero) is 1. The summed E-state index contributed by atoms with van der Waals surface area (Å²) in [5.41, 5.74) is 0.474. The second-order valence-electron chi connectivity index (χ2n) is 3.64. The molecule has 1 rings (SSSR count). The smallest absolute Gasteiger partial charge is 0.163 e. The fourth-order valence-electron chi connectivity index (χ4n) is 1.31. The number of carbonyl (C=O) groups excluding carboxylic acids is 1. The van der Waals surface area contributed by atoms with E-state index in [2.05, 4.69) is 0 Å². The van der Waals surface area contributed by atoms with Crippen molar-refractivity contribution in [2.75, 3.05) is 18.1 Å². The number of ketones is 1. The highest BCUT2D eigenvalue weighted by Crippen LogP contribution is 2.18. The van der Waals surface area contributed by atoms with E-state index in [0.29, 0.717) is 11.3 Å². The molecule has 0 aromatic heterocycles. The van der Waals surface area contributed by atoms with Gasteiger partial charge in [-0.25, -0.2) is 8.42 Å². The Kier molecular flexibility index (Phi) is 4.69. The first-order valence-corrected chi connectivity index (χ1v) is 7.21. The van der Waals surface area contributed by atoms with Crippen LogP contribution in [0.3, 0.4) is 0 Å². The Balaban J connectivity index is 2.67. The Morgan fingerprint density at radius 2 is 1.94 bits per heavy atom. The monoisotopic (exact) mass is 256 g/mol. The minimum atomic E-state index is -3.03. The lowest BCUT2D eigenvalue weighted by Gasteiger charge is -2.09. The minimum Gasteiger partial charge on any atom is -0.492 e. The SMILES string of the molecule is CCS(=O)(=O)CCOc1ccccc1C(C)=O. The molecule has 0 atom stereocenters. The van der Waals surface area contributed by atoms with Gasteiger partial charge in [-0.15, -0.1) is 0 Å². The van der Waals surface area contributed by atoms with Crippen LogP contribution in [0.2, 0.25) is 0 Å². The number of hydrogen-bond donors (Lipinski definition) is 0. The number of ether oxygens (including phenoxy) is 1. The molecule has 0 N–H and O–H groups in total. The molecule has 0 amide bonds. The fraction of sp³-hybridized carbons (Fsp3) is 0.417. The quantitative estimate of drug-likeness (QED) is 0.727. The van der Waals surface area contributed by atoms with E-state index in [1.165, 1.54) is 6.92 Å². The van der Waals surface area contributed by atoms with Crippen LogP contribution >= 0.6 is 0 Å². The number of rotatable bonds is 6. The first-order valence-electron chi connectivity index (χ1n) is 5.39. The standard InChI is InChI=1S/C12H16O4S/c1-3-17(14,15)9-8-16-12-7-5-4-6-11(12)10(2)13/h4-7H,3,8-9H2,1-2H3. The Hall–Kier alpha value is -1.36. The van der Waals surface area contributed by atoms with Gasteiger partial charge in [0.15, 0.2) is 15.6 Å². The highest BCUT2D eigenvalue weighted by Gasteiger charge is 2.10. The van der Waals surface area contributed by atoms with Gasteiger partial charge in [0, 0.05) is 5.75 Å². The van der Waals surface area contributed by atoms with Crippen molar-refractivity contribution in [3.63, 3.8) is 0 Å². The van der Waals surface area contributed by atoms with Crippen LogP contribution in [0, 0.1) is 0 Å². The third kappa shape index (κ3) is 4.19. The molecule has 0 fully saturated rings. The molecule has 1 aromatic rings. The van der Waals surface area contributed by atoms with E-state index in [1.807, 2.05) is 0 Å². The van der Waals surface area contributed by atoms with Crippen molar-refractivity contribution in [1.29, 1.82) is 0 Å². The Morgan fingerprint density at radius 1 is 1.29 bits per heavy atom. The molecule has 0 saturated carbocycles. The summed E-state index contributed by atoms with van der Waals surface area (Å²) in [5, 5.41) is 0. The minimum absolute atomic E-state index is 0.0320. The van der Waals surface area contributed by atoms with E-state index in [1.54, 1.807) is 31.2 Å². The third-order valence-corrected chi connectivity index (χ3v) is 4.03. The predicted octanol–water partition coefficient (Wildman–Crippen LogP) is 1.70. The maximum atomic E-state index is 11.3. The molecular formula is C12H16O4S. The summed E-state index contributed by atoms with van der Waals surface area (Å²) >= 11 is 0. The highest BCUT2D eigenvalue weighted by molar-refractivity contribution is 7.91. The van der Waals surface area contributed by atoms with Crippen molar-refractivity contribution in [3.8, 4) is 5.75 Å². The summed E-state index contributed by atoms with van der Waals surface area (Å²) in [5.74, 6) is 0.408. The van der Waals surface area contributed by atoms with Crippen molar-refractivity contribution in [3.05, 3.63) is 29.8 Å². The lowest BCUT2D eigenvalue weighted by atomic mass is 10.1.